The van der Waals surface area contributed by atoms with Gasteiger partial charge in [0.05, 0.1) is 12.4 Å². The van der Waals surface area contributed by atoms with Crippen LogP contribution < -0.4 is 0 Å². The van der Waals surface area contributed by atoms with E-state index in [0.717, 1.165) is 12.0 Å². The average molecular weight is 340 g/mol. The normalized spacial score (nSPS) is 20.3. The number of aliphatic hydroxyl groups excluding tert-OH is 1. The van der Waals surface area contributed by atoms with Gasteiger partial charge in [0.2, 0.25) is 10.0 Å². The molecule has 1 fully saturated rings. The maximum absolute atomic E-state index is 12.6. The van der Waals surface area contributed by atoms with Gasteiger partial charge in [-0.15, -0.1) is 0 Å². The molecule has 0 saturated carbocycles. The van der Waals surface area contributed by atoms with Gasteiger partial charge in [0.1, 0.15) is 0 Å². The number of benzene rings is 1. The third kappa shape index (κ3) is 4.76. The van der Waals surface area contributed by atoms with Crippen LogP contribution in [0.5, 0.6) is 0 Å². The zero-order valence-corrected chi connectivity index (χ0v) is 14.9. The molecule has 0 bridgehead atoms. The lowest BCUT2D eigenvalue weighted by Gasteiger charge is -2.38. The maximum atomic E-state index is 12.6. The van der Waals surface area contributed by atoms with Crippen LogP contribution in [0.2, 0.25) is 0 Å². The molecule has 2 rings (SSSR count). The lowest BCUT2D eigenvalue weighted by Crippen LogP contribution is -2.53. The fourth-order valence-electron chi connectivity index (χ4n) is 3.15. The Bertz CT molecular complexity index is 565. The minimum Gasteiger partial charge on any atom is -0.395 e. The topological polar surface area (TPSA) is 60.9 Å². The van der Waals surface area contributed by atoms with Gasteiger partial charge in [-0.2, -0.15) is 4.31 Å². The molecular formula is C17H28N2O3S. The van der Waals surface area contributed by atoms with Crippen LogP contribution in [-0.4, -0.2) is 67.3 Å². The van der Waals surface area contributed by atoms with Crippen molar-refractivity contribution in [3.63, 3.8) is 0 Å². The first kappa shape index (κ1) is 18.4. The largest absolute Gasteiger partial charge is 0.395 e. The van der Waals surface area contributed by atoms with Gasteiger partial charge in [-0.3, -0.25) is 4.90 Å². The van der Waals surface area contributed by atoms with Crippen molar-refractivity contribution >= 4 is 10.0 Å². The summed E-state index contributed by atoms with van der Waals surface area (Å²) in [5.74, 6) is 0.133. The van der Waals surface area contributed by atoms with Crippen LogP contribution in [-0.2, 0) is 10.0 Å². The van der Waals surface area contributed by atoms with Crippen LogP contribution in [0.3, 0.4) is 0 Å². The third-order valence-corrected chi connectivity index (χ3v) is 6.77. The van der Waals surface area contributed by atoms with Crippen LogP contribution in [0.25, 0.3) is 0 Å². The maximum Gasteiger partial charge on any atom is 0.214 e. The minimum absolute atomic E-state index is 0.0138. The van der Waals surface area contributed by atoms with E-state index in [1.165, 1.54) is 0 Å². The highest BCUT2D eigenvalue weighted by Gasteiger charge is 2.30. The highest BCUT2D eigenvalue weighted by molar-refractivity contribution is 7.89. The van der Waals surface area contributed by atoms with Crippen LogP contribution in [0.4, 0.5) is 0 Å². The standard InChI is InChI=1S/C17H28N2O3S/c1-3-17(13-20)18-9-11-19(12-10-18)23(21,22)14-15(2)16-7-5-4-6-8-16/h4-8,15,17,20H,3,9-14H2,1-2H3. The quantitative estimate of drug-likeness (QED) is 0.817. The zero-order chi connectivity index (χ0) is 16.9. The van der Waals surface area contributed by atoms with E-state index in [4.69, 9.17) is 0 Å². The Hall–Kier alpha value is -0.950. The van der Waals surface area contributed by atoms with Gasteiger partial charge in [-0.25, -0.2) is 8.42 Å². The molecule has 0 radical (unpaired) electrons. The second-order valence-electron chi connectivity index (χ2n) is 6.27. The number of piperazine rings is 1. The first-order valence-corrected chi connectivity index (χ1v) is 9.96. The molecule has 130 valence electrons. The van der Waals surface area contributed by atoms with Crippen LogP contribution in [0.15, 0.2) is 30.3 Å². The van der Waals surface area contributed by atoms with Crippen molar-refractivity contribution in [3.05, 3.63) is 35.9 Å². The number of hydrogen-bond acceptors (Lipinski definition) is 4. The minimum atomic E-state index is -3.25. The summed E-state index contributed by atoms with van der Waals surface area (Å²) in [7, 11) is -3.25. The smallest absolute Gasteiger partial charge is 0.214 e. The summed E-state index contributed by atoms with van der Waals surface area (Å²) in [5.41, 5.74) is 1.06. The van der Waals surface area contributed by atoms with Gasteiger partial charge in [-0.05, 0) is 17.9 Å². The predicted molar refractivity (Wildman–Crippen MR) is 93.0 cm³/mol. The molecule has 1 aliphatic rings. The van der Waals surface area contributed by atoms with Crippen molar-refractivity contribution in [2.24, 2.45) is 0 Å². The van der Waals surface area contributed by atoms with Crippen molar-refractivity contribution in [1.82, 2.24) is 9.21 Å². The number of rotatable bonds is 7. The van der Waals surface area contributed by atoms with Crippen molar-refractivity contribution < 1.29 is 13.5 Å². The van der Waals surface area contributed by atoms with E-state index < -0.39 is 10.0 Å². The lowest BCUT2D eigenvalue weighted by molar-refractivity contribution is 0.0880. The van der Waals surface area contributed by atoms with E-state index in [2.05, 4.69) is 4.90 Å². The van der Waals surface area contributed by atoms with Gasteiger partial charge in [-0.1, -0.05) is 44.2 Å². The molecule has 1 aliphatic heterocycles. The number of aliphatic hydroxyl groups is 1. The molecule has 2 unspecified atom stereocenters. The molecular weight excluding hydrogens is 312 g/mol. The Morgan fingerprint density at radius 2 is 1.74 bits per heavy atom. The van der Waals surface area contributed by atoms with E-state index in [-0.39, 0.29) is 24.3 Å². The van der Waals surface area contributed by atoms with Gasteiger partial charge in [0, 0.05) is 32.2 Å². The van der Waals surface area contributed by atoms with E-state index in [1.807, 2.05) is 44.2 Å². The van der Waals surface area contributed by atoms with Gasteiger partial charge < -0.3 is 5.11 Å². The summed E-state index contributed by atoms with van der Waals surface area (Å²) in [6.45, 7) is 6.55. The Balaban J connectivity index is 1.94. The molecule has 1 aromatic carbocycles. The number of sulfonamides is 1. The fraction of sp³-hybridized carbons (Fsp3) is 0.647. The molecule has 2 atom stereocenters. The summed E-state index contributed by atoms with van der Waals surface area (Å²) in [6.07, 6.45) is 0.883. The van der Waals surface area contributed by atoms with Crippen LogP contribution in [0.1, 0.15) is 31.7 Å². The highest BCUT2D eigenvalue weighted by atomic mass is 32.2. The molecule has 1 N–H and O–H groups in total. The lowest BCUT2D eigenvalue weighted by atomic mass is 10.0. The third-order valence-electron chi connectivity index (χ3n) is 4.69. The van der Waals surface area contributed by atoms with E-state index >= 15 is 0 Å². The zero-order valence-electron chi connectivity index (χ0n) is 14.1. The summed E-state index contributed by atoms with van der Waals surface area (Å²) >= 11 is 0. The van der Waals surface area contributed by atoms with Crippen molar-refractivity contribution in [2.45, 2.75) is 32.2 Å². The van der Waals surface area contributed by atoms with Gasteiger partial charge in [0.25, 0.3) is 0 Å². The van der Waals surface area contributed by atoms with E-state index in [9.17, 15) is 13.5 Å². The molecule has 0 spiro atoms. The molecule has 23 heavy (non-hydrogen) atoms. The van der Waals surface area contributed by atoms with Crippen LogP contribution >= 0.6 is 0 Å². The number of nitrogens with zero attached hydrogens (tertiary/aromatic N) is 2. The highest BCUT2D eigenvalue weighted by Crippen LogP contribution is 2.20. The van der Waals surface area contributed by atoms with Crippen molar-refractivity contribution in [1.29, 1.82) is 0 Å². The average Bonchev–Trinajstić information content (AvgIpc) is 2.57. The van der Waals surface area contributed by atoms with Gasteiger partial charge >= 0.3 is 0 Å². The Morgan fingerprint density at radius 1 is 1.13 bits per heavy atom. The van der Waals surface area contributed by atoms with Crippen molar-refractivity contribution in [3.8, 4) is 0 Å². The molecule has 0 aromatic heterocycles. The van der Waals surface area contributed by atoms with E-state index in [0.29, 0.717) is 26.2 Å². The van der Waals surface area contributed by atoms with Gasteiger partial charge in [0.15, 0.2) is 0 Å². The summed E-state index contributed by atoms with van der Waals surface area (Å²) in [5, 5.41) is 9.38. The molecule has 0 aliphatic carbocycles. The fourth-order valence-corrected chi connectivity index (χ4v) is 4.90. The summed E-state index contributed by atoms with van der Waals surface area (Å²) in [6, 6.07) is 9.92. The SMILES string of the molecule is CCC(CO)N1CCN(S(=O)(=O)CC(C)c2ccccc2)CC1. The Labute approximate surface area is 140 Å². The summed E-state index contributed by atoms with van der Waals surface area (Å²) in [4.78, 5) is 2.19. The second-order valence-corrected chi connectivity index (χ2v) is 8.28. The first-order chi connectivity index (χ1) is 11.0. The second kappa shape index (κ2) is 8.24. The van der Waals surface area contributed by atoms with E-state index in [1.54, 1.807) is 4.31 Å². The first-order valence-electron chi connectivity index (χ1n) is 8.35. The monoisotopic (exact) mass is 340 g/mol. The van der Waals surface area contributed by atoms with Crippen molar-refractivity contribution in [2.75, 3.05) is 38.5 Å². The Kier molecular flexibility index (Phi) is 6.59. The van der Waals surface area contributed by atoms with Crippen LogP contribution in [0, 0.1) is 0 Å². The molecule has 1 saturated heterocycles. The molecule has 5 nitrogen and oxygen atoms in total. The molecule has 6 heteroatoms. The predicted octanol–water partition coefficient (Wildman–Crippen LogP) is 1.51. The number of hydrogen-bond donors (Lipinski definition) is 1. The Morgan fingerprint density at radius 3 is 2.26 bits per heavy atom. The molecule has 1 aromatic rings. The molecule has 1 heterocycles. The summed E-state index contributed by atoms with van der Waals surface area (Å²) < 4.78 is 26.9. The molecule has 0 amide bonds.